The molecule has 0 rings (SSSR count). The van der Waals surface area contributed by atoms with Crippen molar-refractivity contribution in [3.63, 3.8) is 0 Å². The Morgan fingerprint density at radius 1 is 0.550 bits per heavy atom. The molecule has 0 fully saturated rings. The van der Waals surface area contributed by atoms with E-state index in [-0.39, 0.29) is 0 Å². The third kappa shape index (κ3) is 6.16. The molecule has 0 unspecified atom stereocenters. The van der Waals surface area contributed by atoms with Gasteiger partial charge in [-0.2, -0.15) is 0 Å². The number of rotatable bonds is 12. The van der Waals surface area contributed by atoms with Crippen LogP contribution in [0.4, 0.5) is 0 Å². The molecule has 0 saturated carbocycles. The van der Waals surface area contributed by atoms with Crippen LogP contribution in [0, 0.1) is 0 Å². The summed E-state index contributed by atoms with van der Waals surface area (Å²) in [6, 6.07) is 2.21. The Hall–Kier alpha value is -0.0400. The Kier molecular flexibility index (Phi) is 10.6. The van der Waals surface area contributed by atoms with Crippen molar-refractivity contribution in [1.82, 2.24) is 0 Å². The van der Waals surface area contributed by atoms with Crippen molar-refractivity contribution in [2.75, 3.05) is 6.54 Å². The summed E-state index contributed by atoms with van der Waals surface area (Å²) in [5.41, 5.74) is 0. The molecule has 0 aromatic carbocycles. The average molecular weight is 285 g/mol. The highest BCUT2D eigenvalue weighted by atomic mass is 15.4. The number of nitrogens with zero attached hydrogens (tertiary/aromatic N) is 1. The first-order valence-electron chi connectivity index (χ1n) is 9.26. The maximum absolute atomic E-state index is 2.41. The molecule has 0 heterocycles. The first kappa shape index (κ1) is 20.0. The fraction of sp³-hybridized carbons (Fsp3) is 1.00. The van der Waals surface area contributed by atoms with Gasteiger partial charge in [-0.05, 0) is 54.4 Å². The molecule has 0 radical (unpaired) electrons. The Labute approximate surface area is 129 Å². The SMILES string of the molecule is CCCCCCCCCC[N+](C(C)C)(C(C)C)C(C)C. The Morgan fingerprint density at radius 2 is 0.900 bits per heavy atom. The lowest BCUT2D eigenvalue weighted by atomic mass is 10.0. The lowest BCUT2D eigenvalue weighted by molar-refractivity contribution is -0.985. The maximum Gasteiger partial charge on any atom is 0.0837 e. The highest BCUT2D eigenvalue weighted by Crippen LogP contribution is 2.25. The standard InChI is InChI=1S/C19H42N/c1-8-9-10-11-12-13-14-15-16-20(17(2)3,18(4)5)19(6)7/h17-19H,8-16H2,1-7H3/q+1. The Balaban J connectivity index is 4.04. The quantitative estimate of drug-likeness (QED) is 0.297. The van der Waals surface area contributed by atoms with Crippen LogP contribution < -0.4 is 0 Å². The monoisotopic (exact) mass is 284 g/mol. The van der Waals surface area contributed by atoms with Crippen LogP contribution in [-0.2, 0) is 0 Å². The van der Waals surface area contributed by atoms with Crippen LogP contribution in [0.15, 0.2) is 0 Å². The van der Waals surface area contributed by atoms with Gasteiger partial charge in [0.2, 0.25) is 0 Å². The summed E-state index contributed by atoms with van der Waals surface area (Å²) in [5.74, 6) is 0. The second-order valence-electron chi connectivity index (χ2n) is 7.47. The third-order valence-corrected chi connectivity index (χ3v) is 5.28. The van der Waals surface area contributed by atoms with Crippen LogP contribution in [-0.4, -0.2) is 29.2 Å². The summed E-state index contributed by atoms with van der Waals surface area (Å²) in [4.78, 5) is 0. The summed E-state index contributed by atoms with van der Waals surface area (Å²) >= 11 is 0. The zero-order chi connectivity index (χ0) is 15.6. The molecule has 0 aromatic rings. The molecule has 0 amide bonds. The zero-order valence-electron chi connectivity index (χ0n) is 15.5. The van der Waals surface area contributed by atoms with E-state index in [9.17, 15) is 0 Å². The molecule has 0 spiro atoms. The minimum Gasteiger partial charge on any atom is -0.318 e. The molecular weight excluding hydrogens is 242 g/mol. The molecule has 0 saturated heterocycles. The summed E-state index contributed by atoms with van der Waals surface area (Å²) in [7, 11) is 0. The zero-order valence-corrected chi connectivity index (χ0v) is 15.5. The summed E-state index contributed by atoms with van der Waals surface area (Å²) in [6.07, 6.45) is 11.4. The largest absolute Gasteiger partial charge is 0.318 e. The highest BCUT2D eigenvalue weighted by Gasteiger charge is 2.37. The number of hydrogen-bond donors (Lipinski definition) is 0. The number of hydrogen-bond acceptors (Lipinski definition) is 0. The Bertz CT molecular complexity index is 196. The van der Waals surface area contributed by atoms with Gasteiger partial charge in [-0.1, -0.05) is 45.4 Å². The second kappa shape index (κ2) is 10.7. The molecule has 0 atom stereocenters. The fourth-order valence-electron chi connectivity index (χ4n) is 4.08. The Morgan fingerprint density at radius 3 is 1.25 bits per heavy atom. The molecular formula is C19H42N+. The molecule has 1 nitrogen and oxygen atoms in total. The van der Waals surface area contributed by atoms with E-state index in [0.29, 0.717) is 0 Å². The van der Waals surface area contributed by atoms with Crippen LogP contribution >= 0.6 is 0 Å². The van der Waals surface area contributed by atoms with Gasteiger partial charge in [0.05, 0.1) is 24.7 Å². The van der Waals surface area contributed by atoms with Crippen LogP contribution in [0.2, 0.25) is 0 Å². The van der Waals surface area contributed by atoms with Crippen LogP contribution in [0.5, 0.6) is 0 Å². The molecule has 20 heavy (non-hydrogen) atoms. The van der Waals surface area contributed by atoms with Crippen LogP contribution in [0.1, 0.15) is 99.8 Å². The van der Waals surface area contributed by atoms with Crippen molar-refractivity contribution in [3.05, 3.63) is 0 Å². The first-order chi connectivity index (χ1) is 9.39. The van der Waals surface area contributed by atoms with Gasteiger partial charge in [0.25, 0.3) is 0 Å². The molecule has 0 aliphatic heterocycles. The lowest BCUT2D eigenvalue weighted by Crippen LogP contribution is -2.62. The summed E-state index contributed by atoms with van der Waals surface area (Å²) in [6.45, 7) is 18.1. The van der Waals surface area contributed by atoms with Gasteiger partial charge < -0.3 is 4.48 Å². The minimum absolute atomic E-state index is 0.736. The van der Waals surface area contributed by atoms with E-state index in [2.05, 4.69) is 48.5 Å². The smallest absolute Gasteiger partial charge is 0.0837 e. The van der Waals surface area contributed by atoms with Gasteiger partial charge in [-0.25, -0.2) is 0 Å². The van der Waals surface area contributed by atoms with E-state index in [0.717, 1.165) is 18.1 Å². The van der Waals surface area contributed by atoms with Crippen molar-refractivity contribution < 1.29 is 4.48 Å². The van der Waals surface area contributed by atoms with E-state index in [4.69, 9.17) is 0 Å². The van der Waals surface area contributed by atoms with E-state index < -0.39 is 0 Å². The van der Waals surface area contributed by atoms with Gasteiger partial charge in [0, 0.05) is 0 Å². The van der Waals surface area contributed by atoms with Gasteiger partial charge in [0.1, 0.15) is 0 Å². The molecule has 1 heteroatoms. The highest BCUT2D eigenvalue weighted by molar-refractivity contribution is 4.59. The van der Waals surface area contributed by atoms with Crippen LogP contribution in [0.3, 0.4) is 0 Å². The minimum atomic E-state index is 0.736. The molecule has 0 aliphatic rings. The molecule has 122 valence electrons. The average Bonchev–Trinajstić information content (AvgIpc) is 2.35. The molecule has 0 aliphatic carbocycles. The number of unbranched alkanes of at least 4 members (excludes halogenated alkanes) is 7. The van der Waals surface area contributed by atoms with Crippen LogP contribution in [0.25, 0.3) is 0 Å². The van der Waals surface area contributed by atoms with E-state index in [1.54, 1.807) is 0 Å². The predicted molar refractivity (Wildman–Crippen MR) is 93.1 cm³/mol. The predicted octanol–water partition coefficient (Wildman–Crippen LogP) is 6.17. The van der Waals surface area contributed by atoms with E-state index in [1.165, 1.54) is 62.4 Å². The summed E-state index contributed by atoms with van der Waals surface area (Å²) in [5, 5.41) is 0. The normalized spacial score (nSPS) is 12.9. The van der Waals surface area contributed by atoms with Gasteiger partial charge in [0.15, 0.2) is 0 Å². The fourth-order valence-corrected chi connectivity index (χ4v) is 4.08. The van der Waals surface area contributed by atoms with Crippen molar-refractivity contribution in [3.8, 4) is 0 Å². The summed E-state index contributed by atoms with van der Waals surface area (Å²) < 4.78 is 1.29. The van der Waals surface area contributed by atoms with Crippen molar-refractivity contribution in [1.29, 1.82) is 0 Å². The third-order valence-electron chi connectivity index (χ3n) is 5.28. The van der Waals surface area contributed by atoms with Gasteiger partial charge in [-0.15, -0.1) is 0 Å². The maximum atomic E-state index is 2.41. The van der Waals surface area contributed by atoms with E-state index >= 15 is 0 Å². The topological polar surface area (TPSA) is 0 Å². The lowest BCUT2D eigenvalue weighted by Gasteiger charge is -2.49. The molecule has 0 aromatic heterocycles. The van der Waals surface area contributed by atoms with Crippen molar-refractivity contribution in [2.45, 2.75) is 118 Å². The van der Waals surface area contributed by atoms with E-state index in [1.807, 2.05) is 0 Å². The number of quaternary nitrogens is 1. The first-order valence-corrected chi connectivity index (χ1v) is 9.26. The van der Waals surface area contributed by atoms with Gasteiger partial charge in [-0.3, -0.25) is 0 Å². The molecule has 0 bridgehead atoms. The van der Waals surface area contributed by atoms with Gasteiger partial charge >= 0.3 is 0 Å². The second-order valence-corrected chi connectivity index (χ2v) is 7.47. The van der Waals surface area contributed by atoms with Crippen molar-refractivity contribution in [2.24, 2.45) is 0 Å². The molecule has 0 N–H and O–H groups in total. The van der Waals surface area contributed by atoms with Crippen molar-refractivity contribution >= 4 is 0 Å².